The van der Waals surface area contributed by atoms with Crippen molar-refractivity contribution in [3.8, 4) is 22.9 Å². The van der Waals surface area contributed by atoms with Gasteiger partial charge in [0.05, 0.1) is 29.5 Å². The van der Waals surface area contributed by atoms with Crippen LogP contribution in [0, 0.1) is 5.92 Å². The van der Waals surface area contributed by atoms with Gasteiger partial charge >= 0.3 is 6.18 Å². The number of aromatic nitrogens is 3. The third-order valence-electron chi connectivity index (χ3n) is 6.75. The molecule has 0 radical (unpaired) electrons. The van der Waals surface area contributed by atoms with Crippen molar-refractivity contribution in [2.24, 2.45) is 5.92 Å². The lowest BCUT2D eigenvalue weighted by Gasteiger charge is -2.39. The fourth-order valence-electron chi connectivity index (χ4n) is 5.10. The van der Waals surface area contributed by atoms with E-state index in [4.69, 9.17) is 9.47 Å². The van der Waals surface area contributed by atoms with Crippen LogP contribution in [0.4, 0.5) is 13.2 Å². The minimum atomic E-state index is -4.46. The number of methoxy groups -OCH3 is 1. The Kier molecular flexibility index (Phi) is 5.45. The maximum absolute atomic E-state index is 13.9. The summed E-state index contributed by atoms with van der Waals surface area (Å²) < 4.78 is 49.9. The van der Waals surface area contributed by atoms with E-state index in [0.29, 0.717) is 35.0 Å². The van der Waals surface area contributed by atoms with E-state index >= 15 is 0 Å². The molecule has 2 aromatic heterocycles. The zero-order valence-corrected chi connectivity index (χ0v) is 18.4. The number of ether oxygens (including phenoxy) is 2. The topological polar surface area (TPSA) is 80.3 Å². The standard InChI is InChI=1S/C24H23F3N4O3/c1-33-19-4-2-3-17(18-8-10-29-30-18)21(19)22(32)31-13-15-7-9-23(31,11-15)14-34-20-6-5-16(12-28-20)24(25,26)27/h2-6,8,10,12,15H,7,9,11,13-14H2,1H3,(H,29,30). The van der Waals surface area contributed by atoms with E-state index in [1.54, 1.807) is 18.3 Å². The monoisotopic (exact) mass is 472 g/mol. The minimum Gasteiger partial charge on any atom is -0.496 e. The zero-order valence-electron chi connectivity index (χ0n) is 18.4. The molecule has 2 bridgehead atoms. The molecule has 5 rings (SSSR count). The molecule has 1 aliphatic heterocycles. The van der Waals surface area contributed by atoms with Crippen LogP contribution in [0.25, 0.3) is 11.3 Å². The summed E-state index contributed by atoms with van der Waals surface area (Å²) in [5.41, 5.74) is 0.432. The molecule has 0 spiro atoms. The van der Waals surface area contributed by atoms with Gasteiger partial charge in [0.15, 0.2) is 0 Å². The summed E-state index contributed by atoms with van der Waals surface area (Å²) in [6, 6.07) is 9.35. The van der Waals surface area contributed by atoms with Crippen molar-refractivity contribution in [3.05, 3.63) is 59.9 Å². The molecular formula is C24H23F3N4O3. The second-order valence-corrected chi connectivity index (χ2v) is 8.77. The molecule has 1 aromatic carbocycles. The smallest absolute Gasteiger partial charge is 0.417 e. The van der Waals surface area contributed by atoms with E-state index in [1.807, 2.05) is 17.0 Å². The number of piperidine rings is 1. The number of likely N-dealkylation sites (tertiary alicyclic amines) is 1. The highest BCUT2D eigenvalue weighted by Gasteiger charge is 2.54. The maximum atomic E-state index is 13.9. The Balaban J connectivity index is 1.42. The molecule has 1 amide bonds. The van der Waals surface area contributed by atoms with Gasteiger partial charge in [0.2, 0.25) is 5.88 Å². The van der Waals surface area contributed by atoms with Gasteiger partial charge in [-0.25, -0.2) is 4.98 Å². The molecule has 10 heteroatoms. The van der Waals surface area contributed by atoms with Gasteiger partial charge in [-0.1, -0.05) is 12.1 Å². The van der Waals surface area contributed by atoms with E-state index in [2.05, 4.69) is 15.2 Å². The fourth-order valence-corrected chi connectivity index (χ4v) is 5.10. The van der Waals surface area contributed by atoms with Crippen LogP contribution in [0.15, 0.2) is 48.8 Å². The van der Waals surface area contributed by atoms with Crippen LogP contribution in [0.5, 0.6) is 11.6 Å². The fraction of sp³-hybridized carbons (Fsp3) is 0.375. The number of amides is 1. The molecule has 1 saturated carbocycles. The number of nitrogens with zero attached hydrogens (tertiary/aromatic N) is 3. The minimum absolute atomic E-state index is 0.0977. The van der Waals surface area contributed by atoms with Crippen LogP contribution in [-0.2, 0) is 6.18 Å². The van der Waals surface area contributed by atoms with E-state index in [9.17, 15) is 18.0 Å². The molecule has 2 unspecified atom stereocenters. The predicted octanol–water partition coefficient (Wildman–Crippen LogP) is 4.57. The second-order valence-electron chi connectivity index (χ2n) is 8.77. The second kappa shape index (κ2) is 8.34. The van der Waals surface area contributed by atoms with Crippen molar-refractivity contribution in [2.45, 2.75) is 31.0 Å². The number of fused-ring (bicyclic) bond motifs is 2. The molecule has 2 fully saturated rings. The Labute approximate surface area is 193 Å². The van der Waals surface area contributed by atoms with Gasteiger partial charge in [-0.3, -0.25) is 9.89 Å². The number of carbonyl (C=O) groups excluding carboxylic acids is 1. The molecule has 2 aliphatic rings. The van der Waals surface area contributed by atoms with Crippen molar-refractivity contribution in [1.82, 2.24) is 20.1 Å². The molecule has 3 aromatic rings. The number of halogens is 3. The lowest BCUT2D eigenvalue weighted by Crippen LogP contribution is -2.52. The Morgan fingerprint density at radius 3 is 2.76 bits per heavy atom. The number of rotatable bonds is 6. The third-order valence-corrected chi connectivity index (χ3v) is 6.75. The quantitative estimate of drug-likeness (QED) is 0.569. The van der Waals surface area contributed by atoms with E-state index in [-0.39, 0.29) is 18.4 Å². The Morgan fingerprint density at radius 1 is 1.26 bits per heavy atom. The summed E-state index contributed by atoms with van der Waals surface area (Å²) in [4.78, 5) is 19.6. The van der Waals surface area contributed by atoms with Crippen molar-refractivity contribution in [2.75, 3.05) is 20.3 Å². The van der Waals surface area contributed by atoms with Gasteiger partial charge < -0.3 is 14.4 Å². The predicted molar refractivity (Wildman–Crippen MR) is 116 cm³/mol. The van der Waals surface area contributed by atoms with Crippen LogP contribution in [0.3, 0.4) is 0 Å². The van der Waals surface area contributed by atoms with Crippen molar-refractivity contribution in [3.63, 3.8) is 0 Å². The number of hydrogen-bond donors (Lipinski definition) is 1. The highest BCUT2D eigenvalue weighted by atomic mass is 19.4. The van der Waals surface area contributed by atoms with Crippen LogP contribution in [0.1, 0.15) is 35.2 Å². The molecule has 7 nitrogen and oxygen atoms in total. The van der Waals surface area contributed by atoms with Crippen LogP contribution in [0.2, 0.25) is 0 Å². The molecule has 34 heavy (non-hydrogen) atoms. The average molecular weight is 472 g/mol. The summed E-state index contributed by atoms with van der Waals surface area (Å²) in [7, 11) is 1.52. The van der Waals surface area contributed by atoms with Crippen molar-refractivity contribution in [1.29, 1.82) is 0 Å². The lowest BCUT2D eigenvalue weighted by atomic mass is 9.95. The summed E-state index contributed by atoms with van der Waals surface area (Å²) in [5, 5.41) is 6.91. The Bertz CT molecular complexity index is 1180. The first-order valence-corrected chi connectivity index (χ1v) is 11.0. The third kappa shape index (κ3) is 3.86. The number of benzene rings is 1. The van der Waals surface area contributed by atoms with Gasteiger partial charge in [0, 0.05) is 30.6 Å². The van der Waals surface area contributed by atoms with Gasteiger partial charge in [-0.05, 0) is 43.4 Å². The summed E-state index contributed by atoms with van der Waals surface area (Å²) in [6.45, 7) is 0.741. The van der Waals surface area contributed by atoms with Gasteiger partial charge in [-0.15, -0.1) is 0 Å². The normalized spacial score (nSPS) is 21.6. The molecule has 1 aliphatic carbocycles. The van der Waals surface area contributed by atoms with Gasteiger partial charge in [0.25, 0.3) is 5.91 Å². The average Bonchev–Trinajstić information content (AvgIpc) is 3.58. The molecule has 2 atom stereocenters. The number of aromatic amines is 1. The highest BCUT2D eigenvalue weighted by Crippen LogP contribution is 2.48. The largest absolute Gasteiger partial charge is 0.496 e. The first-order valence-electron chi connectivity index (χ1n) is 11.0. The Hall–Kier alpha value is -3.56. The first-order chi connectivity index (χ1) is 16.3. The van der Waals surface area contributed by atoms with Crippen molar-refractivity contribution >= 4 is 5.91 Å². The SMILES string of the molecule is COc1cccc(-c2ccn[nH]2)c1C(=O)N1CC2CCC1(COc1ccc(C(F)(F)F)cn1)C2. The van der Waals surface area contributed by atoms with Gasteiger partial charge in [0.1, 0.15) is 12.4 Å². The van der Waals surface area contributed by atoms with E-state index in [1.165, 1.54) is 13.2 Å². The molecular weight excluding hydrogens is 449 g/mol. The van der Waals surface area contributed by atoms with E-state index in [0.717, 1.165) is 31.5 Å². The molecule has 178 valence electrons. The number of alkyl halides is 3. The summed E-state index contributed by atoms with van der Waals surface area (Å²) >= 11 is 0. The summed E-state index contributed by atoms with van der Waals surface area (Å²) in [6.07, 6.45) is 0.402. The number of nitrogens with one attached hydrogen (secondary N) is 1. The highest BCUT2D eigenvalue weighted by molar-refractivity contribution is 6.03. The molecule has 1 N–H and O–H groups in total. The number of pyridine rings is 1. The van der Waals surface area contributed by atoms with Gasteiger partial charge in [-0.2, -0.15) is 18.3 Å². The zero-order chi connectivity index (χ0) is 23.9. The van der Waals surface area contributed by atoms with Crippen LogP contribution in [-0.4, -0.2) is 51.8 Å². The number of carbonyl (C=O) groups is 1. The maximum Gasteiger partial charge on any atom is 0.417 e. The summed E-state index contributed by atoms with van der Waals surface area (Å²) in [5.74, 6) is 0.729. The molecule has 3 heterocycles. The van der Waals surface area contributed by atoms with Crippen molar-refractivity contribution < 1.29 is 27.4 Å². The molecule has 1 saturated heterocycles. The first kappa shape index (κ1) is 22.2. The van der Waals surface area contributed by atoms with Crippen LogP contribution < -0.4 is 9.47 Å². The lowest BCUT2D eigenvalue weighted by molar-refractivity contribution is -0.137. The Morgan fingerprint density at radius 2 is 2.12 bits per heavy atom. The number of hydrogen-bond acceptors (Lipinski definition) is 5. The van der Waals surface area contributed by atoms with E-state index < -0.39 is 17.3 Å². The van der Waals surface area contributed by atoms with Crippen LogP contribution >= 0.6 is 0 Å². The number of H-pyrrole nitrogens is 1.